The van der Waals surface area contributed by atoms with E-state index in [1.807, 2.05) is 34.6 Å². The third kappa shape index (κ3) is 7.35. The summed E-state index contributed by atoms with van der Waals surface area (Å²) in [4.78, 5) is 99.3. The number of carbonyl (C=O) groups excluding carboxylic acids is 7. The number of ketones is 2. The number of aryl methyl sites for hydroxylation is 1. The molecule has 2 aliphatic carbocycles. The molecule has 4 aliphatic rings. The maximum atomic E-state index is 14.6. The summed E-state index contributed by atoms with van der Waals surface area (Å²) in [6.07, 6.45) is 6.13. The van der Waals surface area contributed by atoms with E-state index in [1.54, 1.807) is 18.7 Å². The molecule has 2 saturated carbocycles. The van der Waals surface area contributed by atoms with Crippen LogP contribution in [-0.2, 0) is 24.0 Å². The first-order valence-corrected chi connectivity index (χ1v) is 18.8. The van der Waals surface area contributed by atoms with E-state index in [0.29, 0.717) is 36.9 Å². The van der Waals surface area contributed by atoms with Gasteiger partial charge in [0.25, 0.3) is 11.8 Å². The van der Waals surface area contributed by atoms with Crippen LogP contribution in [0.2, 0.25) is 0 Å². The second kappa shape index (κ2) is 14.9. The van der Waals surface area contributed by atoms with Crippen molar-refractivity contribution in [2.75, 3.05) is 0 Å². The number of hydrogen-bond donors (Lipinski definition) is 5. The van der Waals surface area contributed by atoms with Crippen LogP contribution in [0.4, 0.5) is 0 Å². The van der Waals surface area contributed by atoms with Crippen molar-refractivity contribution >= 4 is 41.1 Å². The van der Waals surface area contributed by atoms with Gasteiger partial charge in [0.2, 0.25) is 23.5 Å². The van der Waals surface area contributed by atoms with E-state index in [4.69, 9.17) is 0 Å². The average Bonchev–Trinajstić information content (AvgIpc) is 3.73. The lowest BCUT2D eigenvalue weighted by atomic mass is 9.60. The number of nitrogens with one attached hydrogen (secondary N) is 5. The highest BCUT2D eigenvalue weighted by Crippen LogP contribution is 2.54. The van der Waals surface area contributed by atoms with Crippen LogP contribution in [0.3, 0.4) is 0 Å². The molecule has 5 N–H and O–H groups in total. The predicted molar refractivity (Wildman–Crippen MR) is 190 cm³/mol. The topological polar surface area (TPSA) is 187 Å². The van der Waals surface area contributed by atoms with Crippen LogP contribution < -0.4 is 21.3 Å². The van der Waals surface area contributed by atoms with Crippen molar-refractivity contribution in [3.63, 3.8) is 0 Å². The molecule has 2 aliphatic heterocycles. The Morgan fingerprint density at radius 2 is 1.67 bits per heavy atom. The van der Waals surface area contributed by atoms with Gasteiger partial charge in [-0.15, -0.1) is 0 Å². The molecule has 5 rings (SSSR count). The third-order valence-corrected chi connectivity index (χ3v) is 12.2. The Balaban J connectivity index is 1.39. The zero-order valence-corrected chi connectivity index (χ0v) is 31.4. The molecule has 8 atom stereocenters. The van der Waals surface area contributed by atoms with Crippen LogP contribution in [0.1, 0.15) is 131 Å². The van der Waals surface area contributed by atoms with Crippen LogP contribution >= 0.6 is 0 Å². The smallest absolute Gasteiger partial charge is 0.289 e. The molecular formula is C38H56N6O7. The van der Waals surface area contributed by atoms with E-state index in [1.165, 1.54) is 6.92 Å². The lowest BCUT2D eigenvalue weighted by Crippen LogP contribution is -2.70. The van der Waals surface area contributed by atoms with Gasteiger partial charge in [0, 0.05) is 17.8 Å². The minimum Gasteiger partial charge on any atom is -0.354 e. The van der Waals surface area contributed by atoms with Crippen molar-refractivity contribution in [3.05, 3.63) is 22.5 Å². The highest BCUT2D eigenvalue weighted by atomic mass is 16.2. The molecule has 3 heterocycles. The first kappa shape index (κ1) is 38.2. The molecule has 1 aromatic heterocycles. The molecule has 0 bridgehead atoms. The lowest BCUT2D eigenvalue weighted by Gasteiger charge is -2.55. The van der Waals surface area contributed by atoms with E-state index >= 15 is 0 Å². The molecule has 5 amide bonds. The summed E-state index contributed by atoms with van der Waals surface area (Å²) in [6, 6.07) is -4.03. The molecule has 1 aromatic rings. The second-order valence-electron chi connectivity index (χ2n) is 16.0. The summed E-state index contributed by atoms with van der Waals surface area (Å²) in [5.74, 6) is -3.80. The highest BCUT2D eigenvalue weighted by molar-refractivity contribution is 6.38. The molecule has 280 valence electrons. The van der Waals surface area contributed by atoms with Crippen molar-refractivity contribution in [2.45, 2.75) is 149 Å². The SMILES string of the molecule is CCC[C@H](NC(=O)[C@@H]1C[C@@H]2CCCC3[C@@H]2N1C(=O)[C@@H](NC(=O)[C@@H](NC(=O)c1[nH]c(C)c(C)c1C(C)=O)C(C)CC)C3(C)C)C(=O)C(=O)NC1CC1. The number of carbonyl (C=O) groups is 7. The standard InChI is InChI=1S/C38H56N6O7/c1-9-12-25(31(46)36(50)40-23-15-16-23)41-33(47)26-17-22-13-11-14-24-30(22)44(26)37(51)32(38(24,7)8)43-34(48)28(18(3)10-2)42-35(49)29-27(21(6)45)19(4)20(5)39-29/h18,22-26,28,30,32,39H,9-17H2,1-8H3,(H,40,50)(H,41,47)(H,42,49)(H,43,48)/t18?,22-,24?,25-,26-,28-,30+,32+/m0/s1. The summed E-state index contributed by atoms with van der Waals surface area (Å²) < 4.78 is 0. The van der Waals surface area contributed by atoms with E-state index in [-0.39, 0.29) is 52.8 Å². The van der Waals surface area contributed by atoms with Crippen molar-refractivity contribution in [1.29, 1.82) is 0 Å². The molecule has 0 aromatic carbocycles. The number of nitrogens with zero attached hydrogens (tertiary/aromatic N) is 1. The number of amides is 5. The van der Waals surface area contributed by atoms with Gasteiger partial charge < -0.3 is 31.2 Å². The molecule has 0 spiro atoms. The Labute approximate surface area is 300 Å². The van der Waals surface area contributed by atoms with Crippen molar-refractivity contribution in [2.24, 2.45) is 23.2 Å². The largest absolute Gasteiger partial charge is 0.354 e. The Morgan fingerprint density at radius 1 is 0.980 bits per heavy atom. The van der Waals surface area contributed by atoms with Crippen molar-refractivity contribution in [1.82, 2.24) is 31.2 Å². The fourth-order valence-corrected chi connectivity index (χ4v) is 8.78. The van der Waals surface area contributed by atoms with Crippen LogP contribution in [-0.4, -0.2) is 87.2 Å². The van der Waals surface area contributed by atoms with Gasteiger partial charge in [0.05, 0.1) is 11.6 Å². The van der Waals surface area contributed by atoms with Gasteiger partial charge in [0.15, 0.2) is 5.78 Å². The third-order valence-electron chi connectivity index (χ3n) is 12.2. The monoisotopic (exact) mass is 708 g/mol. The minimum atomic E-state index is -1.01. The Kier molecular flexibility index (Phi) is 11.2. The number of H-pyrrole nitrogens is 1. The number of rotatable bonds is 14. The van der Waals surface area contributed by atoms with Gasteiger partial charge >= 0.3 is 0 Å². The zero-order chi connectivity index (χ0) is 37.5. The second-order valence-corrected chi connectivity index (χ2v) is 16.0. The quantitative estimate of drug-likeness (QED) is 0.145. The molecule has 13 nitrogen and oxygen atoms in total. The number of aromatic amines is 1. The van der Waals surface area contributed by atoms with E-state index in [2.05, 4.69) is 26.3 Å². The first-order valence-electron chi connectivity index (χ1n) is 18.8. The summed E-state index contributed by atoms with van der Waals surface area (Å²) in [7, 11) is 0. The molecule has 4 fully saturated rings. The summed E-state index contributed by atoms with van der Waals surface area (Å²) in [6.45, 7) is 14.5. The average molecular weight is 709 g/mol. The van der Waals surface area contributed by atoms with Gasteiger partial charge in [0.1, 0.15) is 23.8 Å². The van der Waals surface area contributed by atoms with Crippen LogP contribution in [0.15, 0.2) is 0 Å². The van der Waals surface area contributed by atoms with Crippen molar-refractivity contribution in [3.8, 4) is 0 Å². The number of aromatic nitrogens is 1. The molecule has 2 saturated heterocycles. The molecule has 2 unspecified atom stereocenters. The van der Waals surface area contributed by atoms with Crippen LogP contribution in [0.5, 0.6) is 0 Å². The maximum absolute atomic E-state index is 14.6. The molecule has 13 heteroatoms. The van der Waals surface area contributed by atoms with Crippen LogP contribution in [0, 0.1) is 37.0 Å². The normalized spacial score (nSPS) is 26.7. The fourth-order valence-electron chi connectivity index (χ4n) is 8.78. The van der Waals surface area contributed by atoms with Gasteiger partial charge in [-0.05, 0) is 88.0 Å². The number of hydrogen-bond acceptors (Lipinski definition) is 7. The maximum Gasteiger partial charge on any atom is 0.289 e. The Bertz CT molecular complexity index is 1590. The predicted octanol–water partition coefficient (Wildman–Crippen LogP) is 3.02. The number of Topliss-reactive ketones (excluding diaryl/α,β-unsaturated/α-hetero) is 2. The van der Waals surface area contributed by atoms with Gasteiger partial charge in [-0.25, -0.2) is 0 Å². The first-order chi connectivity index (χ1) is 24.0. The van der Waals surface area contributed by atoms with Gasteiger partial charge in [-0.3, -0.25) is 33.6 Å². The zero-order valence-electron chi connectivity index (χ0n) is 31.4. The number of piperidine rings is 1. The van der Waals surface area contributed by atoms with Crippen molar-refractivity contribution < 1.29 is 33.6 Å². The Morgan fingerprint density at radius 3 is 2.27 bits per heavy atom. The van der Waals surface area contributed by atoms with E-state index < -0.39 is 59.0 Å². The molecule has 0 radical (unpaired) electrons. The van der Waals surface area contributed by atoms with Crippen LogP contribution in [0.25, 0.3) is 0 Å². The highest BCUT2D eigenvalue weighted by Gasteiger charge is 2.62. The minimum absolute atomic E-state index is 0.00361. The summed E-state index contributed by atoms with van der Waals surface area (Å²) in [5.41, 5.74) is 1.06. The van der Waals surface area contributed by atoms with E-state index in [0.717, 1.165) is 32.1 Å². The summed E-state index contributed by atoms with van der Waals surface area (Å²) >= 11 is 0. The fraction of sp³-hybridized carbons (Fsp3) is 0.711. The molecular weight excluding hydrogens is 652 g/mol. The van der Waals surface area contributed by atoms with E-state index in [9.17, 15) is 33.6 Å². The van der Waals surface area contributed by atoms with Gasteiger partial charge in [-0.2, -0.15) is 0 Å². The lowest BCUT2D eigenvalue weighted by molar-refractivity contribution is -0.160. The Hall–Kier alpha value is -4.03. The van der Waals surface area contributed by atoms with Gasteiger partial charge in [-0.1, -0.05) is 53.9 Å². The summed E-state index contributed by atoms with van der Waals surface area (Å²) in [5, 5.41) is 11.4. The molecule has 51 heavy (non-hydrogen) atoms.